The van der Waals surface area contributed by atoms with Crippen molar-refractivity contribution in [2.75, 3.05) is 37.7 Å². The van der Waals surface area contributed by atoms with Gasteiger partial charge >= 0.3 is 12.4 Å². The van der Waals surface area contributed by atoms with Gasteiger partial charge in [-0.2, -0.15) is 26.3 Å². The number of carbonyl (C=O) groups excluding carboxylic acids is 2. The van der Waals surface area contributed by atoms with Crippen LogP contribution >= 0.6 is 0 Å². The molecule has 1 aromatic rings. The van der Waals surface area contributed by atoms with E-state index in [1.165, 1.54) is 6.92 Å². The van der Waals surface area contributed by atoms with Crippen molar-refractivity contribution in [3.63, 3.8) is 0 Å². The smallest absolute Gasteiger partial charge is 0.392 e. The van der Waals surface area contributed by atoms with Crippen molar-refractivity contribution in [3.8, 4) is 0 Å². The molecule has 0 saturated carbocycles. The Bertz CT molecular complexity index is 1030. The molecule has 4 heterocycles. The Labute approximate surface area is 225 Å². The number of anilines is 1. The number of likely N-dealkylation sites (tertiary alicyclic amines) is 1. The van der Waals surface area contributed by atoms with Gasteiger partial charge in [-0.1, -0.05) is 0 Å². The van der Waals surface area contributed by atoms with E-state index >= 15 is 0 Å². The van der Waals surface area contributed by atoms with E-state index in [0.717, 1.165) is 12.4 Å². The zero-order valence-corrected chi connectivity index (χ0v) is 21.5. The Balaban J connectivity index is 1.28. The van der Waals surface area contributed by atoms with Crippen molar-refractivity contribution in [3.05, 3.63) is 18.0 Å². The number of amides is 2. The lowest BCUT2D eigenvalue weighted by molar-refractivity contribution is -0.193. The third kappa shape index (κ3) is 6.92. The van der Waals surface area contributed by atoms with Gasteiger partial charge in [-0.3, -0.25) is 15.0 Å². The fourth-order valence-electron chi connectivity index (χ4n) is 5.18. The number of hydrogen-bond acceptors (Lipinski definition) is 9. The highest BCUT2D eigenvalue weighted by atomic mass is 19.4. The molecule has 0 bridgehead atoms. The van der Waals surface area contributed by atoms with Gasteiger partial charge in [-0.15, -0.1) is 0 Å². The Hall–Kier alpha value is -2.76. The highest BCUT2D eigenvalue weighted by Crippen LogP contribution is 2.31. The van der Waals surface area contributed by atoms with Crippen molar-refractivity contribution < 1.29 is 45.8 Å². The lowest BCUT2D eigenvalue weighted by atomic mass is 9.95. The molecule has 17 heteroatoms. The van der Waals surface area contributed by atoms with Crippen molar-refractivity contribution in [1.29, 1.82) is 0 Å². The van der Waals surface area contributed by atoms with E-state index < -0.39 is 54.0 Å². The zero-order chi connectivity index (χ0) is 29.2. The molecule has 0 aliphatic carbocycles. The second-order valence-electron chi connectivity index (χ2n) is 10.1. The van der Waals surface area contributed by atoms with Crippen LogP contribution in [0.5, 0.6) is 0 Å². The second kappa shape index (κ2) is 12.0. The molecule has 4 N–H and O–H groups in total. The monoisotopic (exact) mass is 583 g/mol. The average Bonchev–Trinajstić information content (AvgIpc) is 3.25. The minimum atomic E-state index is -4.80. The normalized spacial score (nSPS) is 26.6. The number of hydrazine groups is 1. The molecular formula is C23H31F6N7O4. The largest absolute Gasteiger partial charge is 0.419 e. The van der Waals surface area contributed by atoms with Gasteiger partial charge in [0.05, 0.1) is 24.3 Å². The number of hydrogen-bond donors (Lipinski definition) is 4. The topological polar surface area (TPSA) is 132 Å². The summed E-state index contributed by atoms with van der Waals surface area (Å²) in [5.41, 5.74) is 3.43. The van der Waals surface area contributed by atoms with Crippen LogP contribution in [0, 0.1) is 5.92 Å². The van der Waals surface area contributed by atoms with Crippen LogP contribution in [0.4, 0.5) is 32.3 Å². The molecule has 224 valence electrons. The van der Waals surface area contributed by atoms with Crippen LogP contribution in [-0.4, -0.2) is 101 Å². The summed E-state index contributed by atoms with van der Waals surface area (Å²) in [6.07, 6.45) is -8.41. The van der Waals surface area contributed by atoms with Gasteiger partial charge in [0.25, 0.3) is 5.91 Å². The van der Waals surface area contributed by atoms with Crippen LogP contribution in [0.3, 0.4) is 0 Å². The van der Waals surface area contributed by atoms with E-state index in [-0.39, 0.29) is 31.0 Å². The predicted octanol–water partition coefficient (Wildman–Crippen LogP) is 0.602. The number of aromatic nitrogens is 2. The van der Waals surface area contributed by atoms with E-state index in [1.807, 2.05) is 5.43 Å². The quantitative estimate of drug-likeness (QED) is 0.325. The molecule has 1 aromatic heterocycles. The Morgan fingerprint density at radius 2 is 1.75 bits per heavy atom. The summed E-state index contributed by atoms with van der Waals surface area (Å²) in [7, 11) is 0. The highest BCUT2D eigenvalue weighted by Gasteiger charge is 2.52. The van der Waals surface area contributed by atoms with Gasteiger partial charge in [0.1, 0.15) is 6.10 Å². The Kier molecular flexibility index (Phi) is 9.06. The third-order valence-corrected chi connectivity index (χ3v) is 7.40. The van der Waals surface area contributed by atoms with Crippen LogP contribution in [0.2, 0.25) is 0 Å². The molecule has 3 fully saturated rings. The van der Waals surface area contributed by atoms with Gasteiger partial charge < -0.3 is 25.0 Å². The zero-order valence-electron chi connectivity index (χ0n) is 21.5. The van der Waals surface area contributed by atoms with Gasteiger partial charge in [0.2, 0.25) is 11.9 Å². The summed E-state index contributed by atoms with van der Waals surface area (Å²) in [6.45, 7) is 2.16. The van der Waals surface area contributed by atoms with Gasteiger partial charge in [0, 0.05) is 57.1 Å². The molecule has 2 amide bonds. The Morgan fingerprint density at radius 3 is 2.33 bits per heavy atom. The number of aliphatic hydroxyl groups is 1. The fraction of sp³-hybridized carbons (Fsp3) is 0.739. The van der Waals surface area contributed by atoms with Crippen molar-refractivity contribution in [2.45, 2.75) is 68.9 Å². The predicted molar refractivity (Wildman–Crippen MR) is 126 cm³/mol. The summed E-state index contributed by atoms with van der Waals surface area (Å²) in [4.78, 5) is 35.9. The number of rotatable bonds is 8. The van der Waals surface area contributed by atoms with Crippen LogP contribution in [0.15, 0.2) is 12.4 Å². The average molecular weight is 584 g/mol. The van der Waals surface area contributed by atoms with E-state index in [0.29, 0.717) is 38.9 Å². The summed E-state index contributed by atoms with van der Waals surface area (Å²) in [6, 6.07) is -2.46. The molecule has 3 aliphatic heterocycles. The molecule has 3 saturated heterocycles. The minimum Gasteiger partial charge on any atom is -0.392 e. The van der Waals surface area contributed by atoms with Crippen LogP contribution in [0.25, 0.3) is 0 Å². The molecule has 11 nitrogen and oxygen atoms in total. The molecule has 0 aromatic carbocycles. The van der Waals surface area contributed by atoms with Gasteiger partial charge in [-0.25, -0.2) is 15.4 Å². The maximum absolute atomic E-state index is 13.5. The molecule has 2 unspecified atom stereocenters. The molecule has 0 spiro atoms. The first-order chi connectivity index (χ1) is 18.8. The van der Waals surface area contributed by atoms with E-state index in [9.17, 15) is 41.0 Å². The van der Waals surface area contributed by atoms with Crippen molar-refractivity contribution >= 4 is 17.8 Å². The summed E-state index contributed by atoms with van der Waals surface area (Å²) < 4.78 is 84.4. The third-order valence-electron chi connectivity index (χ3n) is 7.40. The lowest BCUT2D eigenvalue weighted by Gasteiger charge is -2.37. The molecule has 3 aliphatic rings. The SMILES string of the molecule is C[C@@H](O)[C@@H](CO[C@@H]1CCN(C2CCN(c3ncc(C(F)(F)F)cn3)CC2)C1=O)NC1CNNC(=O)C1C(F)(F)F. The van der Waals surface area contributed by atoms with Crippen LogP contribution in [-0.2, 0) is 20.5 Å². The first-order valence-electron chi connectivity index (χ1n) is 12.9. The summed E-state index contributed by atoms with van der Waals surface area (Å²) in [5.74, 6) is -3.66. The fourth-order valence-corrected chi connectivity index (χ4v) is 5.18. The summed E-state index contributed by atoms with van der Waals surface area (Å²) in [5, 5.41) is 12.8. The first kappa shape index (κ1) is 30.2. The van der Waals surface area contributed by atoms with E-state index in [4.69, 9.17) is 4.74 Å². The maximum atomic E-state index is 13.5. The Morgan fingerprint density at radius 1 is 1.10 bits per heavy atom. The van der Waals surface area contributed by atoms with Crippen molar-refractivity contribution in [1.82, 2.24) is 31.0 Å². The molecule has 40 heavy (non-hydrogen) atoms. The standard InChI is InChI=1S/C23H31F6N7O4/c1-12(37)16(33-15-10-32-34-19(38)18(15)23(27,28)29)11-40-17-4-7-36(20(17)39)14-2-5-35(6-3-14)21-30-8-13(9-31-21)22(24,25)26/h8-9,12,14-18,32-33,37H,2-7,10-11H2,1H3,(H,34,38)/t12-,15?,16-,17-,18?/m1/s1. The van der Waals surface area contributed by atoms with Crippen LogP contribution in [0.1, 0.15) is 31.7 Å². The van der Waals surface area contributed by atoms with Crippen LogP contribution < -0.4 is 21.1 Å². The van der Waals surface area contributed by atoms with Crippen molar-refractivity contribution in [2.24, 2.45) is 5.92 Å². The number of nitrogens with one attached hydrogen (secondary N) is 3. The number of aliphatic hydroxyl groups excluding tert-OH is 1. The minimum absolute atomic E-state index is 0.128. The maximum Gasteiger partial charge on any atom is 0.419 e. The molecule has 4 rings (SSSR count). The lowest BCUT2D eigenvalue weighted by Crippen LogP contribution is -2.66. The number of ether oxygens (including phenoxy) is 1. The van der Waals surface area contributed by atoms with E-state index in [1.54, 1.807) is 9.80 Å². The molecule has 5 atom stereocenters. The van der Waals surface area contributed by atoms with Gasteiger partial charge in [-0.05, 0) is 19.8 Å². The first-order valence-corrected chi connectivity index (χ1v) is 12.9. The number of halogens is 6. The molecule has 0 radical (unpaired) electrons. The highest BCUT2D eigenvalue weighted by molar-refractivity contribution is 5.83. The molecular weight excluding hydrogens is 552 g/mol. The summed E-state index contributed by atoms with van der Waals surface area (Å²) >= 11 is 0. The van der Waals surface area contributed by atoms with E-state index in [2.05, 4.69) is 20.7 Å². The van der Waals surface area contributed by atoms with Gasteiger partial charge in [0.15, 0.2) is 5.92 Å². The second-order valence-corrected chi connectivity index (χ2v) is 10.1. The number of piperidine rings is 1. The number of carbonyl (C=O) groups is 2. The number of nitrogens with zero attached hydrogens (tertiary/aromatic N) is 4. The number of alkyl halides is 6.